The highest BCUT2D eigenvalue weighted by Crippen LogP contribution is 2.37. The van der Waals surface area contributed by atoms with Crippen molar-refractivity contribution in [3.63, 3.8) is 0 Å². The molecule has 0 aromatic carbocycles. The lowest BCUT2D eigenvalue weighted by Gasteiger charge is -1.99. The molecule has 0 atom stereocenters. The number of hydrogen-bond acceptors (Lipinski definition) is 8. The molecule has 0 bridgehead atoms. The molecule has 0 radical (unpaired) electrons. The Morgan fingerprint density at radius 3 is 2.62 bits per heavy atom. The van der Waals surface area contributed by atoms with Gasteiger partial charge in [0.1, 0.15) is 9.97 Å². The van der Waals surface area contributed by atoms with Crippen LogP contribution in [0.25, 0.3) is 0 Å². The van der Waals surface area contributed by atoms with Gasteiger partial charge in [-0.3, -0.25) is 10.1 Å². The van der Waals surface area contributed by atoms with E-state index in [4.69, 9.17) is 4.42 Å². The molecule has 114 valence electrons. The number of hydrogen-bond donors (Lipinski definition) is 1. The Kier molecular flexibility index (Phi) is 4.01. The van der Waals surface area contributed by atoms with E-state index in [0.717, 1.165) is 29.4 Å². The van der Waals surface area contributed by atoms with Gasteiger partial charge in [-0.25, -0.2) is 13.4 Å². The van der Waals surface area contributed by atoms with Crippen molar-refractivity contribution in [3.05, 3.63) is 33.5 Å². The first-order chi connectivity index (χ1) is 9.68. The highest BCUT2D eigenvalue weighted by molar-refractivity contribution is 7.92. The Bertz CT molecular complexity index is 771. The number of anilines is 1. The van der Waals surface area contributed by atoms with E-state index in [1.807, 2.05) is 0 Å². The second-order valence-electron chi connectivity index (χ2n) is 4.41. The molecule has 21 heavy (non-hydrogen) atoms. The minimum Gasteiger partial charge on any atom is -0.444 e. The number of nitrogens with one attached hydrogen (secondary N) is 1. The molecule has 2 aromatic rings. The van der Waals surface area contributed by atoms with E-state index in [2.05, 4.69) is 10.3 Å². The second-order valence-corrected chi connectivity index (χ2v) is 7.71. The highest BCUT2D eigenvalue weighted by Gasteiger charge is 2.23. The molecule has 2 aromatic heterocycles. The number of oxazole rings is 1. The molecule has 1 N–H and O–H groups in total. The topological polar surface area (TPSA) is 115 Å². The van der Waals surface area contributed by atoms with Crippen molar-refractivity contribution in [2.45, 2.75) is 24.6 Å². The summed E-state index contributed by atoms with van der Waals surface area (Å²) in [5.41, 5.74) is 0.463. The van der Waals surface area contributed by atoms with E-state index in [1.165, 1.54) is 0 Å². The van der Waals surface area contributed by atoms with Crippen LogP contribution >= 0.6 is 11.3 Å². The van der Waals surface area contributed by atoms with Gasteiger partial charge in [0.05, 0.1) is 17.2 Å². The summed E-state index contributed by atoms with van der Waals surface area (Å²) in [5.74, 6) is 1.05. The lowest BCUT2D eigenvalue weighted by atomic mass is 10.4. The molecule has 10 heteroatoms. The predicted molar refractivity (Wildman–Crippen MR) is 77.4 cm³/mol. The van der Waals surface area contributed by atoms with Gasteiger partial charge in [-0.1, -0.05) is 11.3 Å². The van der Waals surface area contributed by atoms with Crippen molar-refractivity contribution in [2.75, 3.05) is 11.6 Å². The van der Waals surface area contributed by atoms with E-state index in [0.29, 0.717) is 11.7 Å². The average molecular weight is 331 g/mol. The Balaban J connectivity index is 2.26. The Labute approximate surface area is 124 Å². The summed E-state index contributed by atoms with van der Waals surface area (Å²) in [6.07, 6.45) is 1.01. The first-order valence-electron chi connectivity index (χ1n) is 5.83. The summed E-state index contributed by atoms with van der Waals surface area (Å²) in [6.45, 7) is 3.69. The number of sulfone groups is 1. The van der Waals surface area contributed by atoms with E-state index in [9.17, 15) is 18.5 Å². The van der Waals surface area contributed by atoms with Gasteiger partial charge in [0.15, 0.2) is 14.8 Å². The zero-order valence-corrected chi connectivity index (χ0v) is 13.2. The second kappa shape index (κ2) is 5.45. The van der Waals surface area contributed by atoms with Crippen LogP contribution in [0.5, 0.6) is 0 Å². The number of nitro groups is 1. The average Bonchev–Trinajstić information content (AvgIpc) is 2.91. The molecule has 0 aliphatic carbocycles. The van der Waals surface area contributed by atoms with Crippen LogP contribution in [0.3, 0.4) is 0 Å². The van der Waals surface area contributed by atoms with E-state index >= 15 is 0 Å². The SMILES string of the molecule is Cc1nc(CNc2sc(S(C)(=O)=O)cc2[N+](=O)[O-])oc1C. The van der Waals surface area contributed by atoms with Crippen LogP contribution in [-0.4, -0.2) is 24.6 Å². The van der Waals surface area contributed by atoms with Crippen LogP contribution in [0.15, 0.2) is 14.7 Å². The fourth-order valence-electron chi connectivity index (χ4n) is 1.58. The Morgan fingerprint density at radius 1 is 1.48 bits per heavy atom. The van der Waals surface area contributed by atoms with Gasteiger partial charge in [0, 0.05) is 12.3 Å². The van der Waals surface area contributed by atoms with E-state index in [-0.39, 0.29) is 21.4 Å². The molecule has 0 aliphatic heterocycles. The van der Waals surface area contributed by atoms with Crippen molar-refractivity contribution in [1.29, 1.82) is 0 Å². The van der Waals surface area contributed by atoms with Crippen LogP contribution in [0.4, 0.5) is 10.7 Å². The molecule has 2 heterocycles. The number of nitrogens with zero attached hydrogens (tertiary/aromatic N) is 2. The molecular weight excluding hydrogens is 318 g/mol. The molecule has 8 nitrogen and oxygen atoms in total. The van der Waals surface area contributed by atoms with Crippen LogP contribution in [-0.2, 0) is 16.4 Å². The number of thiophene rings is 1. The van der Waals surface area contributed by atoms with Crippen LogP contribution in [0, 0.1) is 24.0 Å². The summed E-state index contributed by atoms with van der Waals surface area (Å²) in [6, 6.07) is 1.05. The van der Waals surface area contributed by atoms with Crippen LogP contribution in [0.1, 0.15) is 17.3 Å². The number of rotatable bonds is 5. The normalized spacial score (nSPS) is 11.6. The van der Waals surface area contributed by atoms with Gasteiger partial charge in [-0.05, 0) is 13.8 Å². The maximum atomic E-state index is 11.5. The minimum atomic E-state index is -3.49. The zero-order valence-electron chi connectivity index (χ0n) is 11.5. The Hall–Kier alpha value is -1.94. The Morgan fingerprint density at radius 2 is 2.14 bits per heavy atom. The van der Waals surface area contributed by atoms with Crippen molar-refractivity contribution in [3.8, 4) is 0 Å². The highest BCUT2D eigenvalue weighted by atomic mass is 32.2. The number of aryl methyl sites for hydroxylation is 2. The third-order valence-electron chi connectivity index (χ3n) is 2.73. The minimum absolute atomic E-state index is 0.0588. The molecule has 0 unspecified atom stereocenters. The number of aromatic nitrogens is 1. The summed E-state index contributed by atoms with van der Waals surface area (Å²) >= 11 is 0.815. The van der Waals surface area contributed by atoms with Crippen molar-refractivity contribution in [1.82, 2.24) is 4.98 Å². The molecule has 0 spiro atoms. The summed E-state index contributed by atoms with van der Waals surface area (Å²) < 4.78 is 28.2. The van der Waals surface area contributed by atoms with Crippen molar-refractivity contribution < 1.29 is 17.8 Å². The predicted octanol–water partition coefficient (Wildman–Crippen LogP) is 2.28. The summed E-state index contributed by atoms with van der Waals surface area (Å²) in [7, 11) is -3.49. The van der Waals surface area contributed by atoms with Gasteiger partial charge < -0.3 is 9.73 Å². The van der Waals surface area contributed by atoms with Gasteiger partial charge in [-0.2, -0.15) is 0 Å². The van der Waals surface area contributed by atoms with E-state index in [1.54, 1.807) is 13.8 Å². The zero-order chi connectivity index (χ0) is 15.8. The fourth-order valence-corrected chi connectivity index (χ4v) is 3.51. The first kappa shape index (κ1) is 15.4. The van der Waals surface area contributed by atoms with Gasteiger partial charge in [-0.15, -0.1) is 0 Å². The molecule has 0 saturated carbocycles. The monoisotopic (exact) mass is 331 g/mol. The summed E-state index contributed by atoms with van der Waals surface area (Å²) in [4.78, 5) is 14.5. The van der Waals surface area contributed by atoms with Crippen LogP contribution < -0.4 is 5.32 Å². The maximum Gasteiger partial charge on any atom is 0.304 e. The quantitative estimate of drug-likeness (QED) is 0.660. The molecule has 0 amide bonds. The third kappa shape index (κ3) is 3.39. The standard InChI is InChI=1S/C11H13N3O5S2/c1-6-7(2)19-9(13-6)5-12-11-8(14(15)16)4-10(20-11)21(3,17)18/h4,12H,5H2,1-3H3. The first-order valence-corrected chi connectivity index (χ1v) is 8.54. The fraction of sp³-hybridized carbons (Fsp3) is 0.364. The van der Waals surface area contributed by atoms with Gasteiger partial charge in [0.2, 0.25) is 5.89 Å². The molecule has 0 fully saturated rings. The largest absolute Gasteiger partial charge is 0.444 e. The lowest BCUT2D eigenvalue weighted by Crippen LogP contribution is -2.00. The maximum absolute atomic E-state index is 11.5. The molecule has 0 saturated heterocycles. The van der Waals surface area contributed by atoms with E-state index < -0.39 is 14.8 Å². The molecule has 0 aliphatic rings. The smallest absolute Gasteiger partial charge is 0.304 e. The lowest BCUT2D eigenvalue weighted by molar-refractivity contribution is -0.383. The molecular formula is C11H13N3O5S2. The van der Waals surface area contributed by atoms with Crippen molar-refractivity contribution >= 4 is 31.9 Å². The molecule has 2 rings (SSSR count). The van der Waals surface area contributed by atoms with Crippen molar-refractivity contribution in [2.24, 2.45) is 0 Å². The third-order valence-corrected chi connectivity index (χ3v) is 5.61. The summed E-state index contributed by atoms with van der Waals surface area (Å²) in [5, 5.41) is 13.9. The van der Waals surface area contributed by atoms with Gasteiger partial charge >= 0.3 is 5.69 Å². The van der Waals surface area contributed by atoms with Crippen LogP contribution in [0.2, 0.25) is 0 Å². The van der Waals surface area contributed by atoms with Gasteiger partial charge in [0.25, 0.3) is 0 Å².